The average molecular weight is 206 g/mol. The molecule has 82 valence electrons. The molecule has 1 saturated heterocycles. The molecular weight excluding hydrogens is 188 g/mol. The third kappa shape index (κ3) is 2.94. The van der Waals surface area contributed by atoms with Gasteiger partial charge in [-0.1, -0.05) is 12.1 Å². The summed E-state index contributed by atoms with van der Waals surface area (Å²) in [7, 11) is 1.71. The van der Waals surface area contributed by atoms with Crippen LogP contribution in [0.1, 0.15) is 5.56 Å². The molecule has 0 saturated carbocycles. The number of methoxy groups -OCH3 is 1. The van der Waals surface area contributed by atoms with Gasteiger partial charge in [0.25, 0.3) is 0 Å². The van der Waals surface area contributed by atoms with Crippen LogP contribution < -0.4 is 15.4 Å². The lowest BCUT2D eigenvalue weighted by Crippen LogP contribution is -2.49. The molecule has 1 aliphatic heterocycles. The van der Waals surface area contributed by atoms with Crippen LogP contribution in [-0.2, 0) is 6.42 Å². The highest BCUT2D eigenvalue weighted by molar-refractivity contribution is 5.29. The number of hydrogen-bond acceptors (Lipinski definition) is 3. The molecule has 1 aliphatic rings. The van der Waals surface area contributed by atoms with E-state index in [2.05, 4.69) is 22.8 Å². The van der Waals surface area contributed by atoms with Crippen molar-refractivity contribution in [1.29, 1.82) is 0 Å². The molecule has 1 atom stereocenters. The van der Waals surface area contributed by atoms with Gasteiger partial charge >= 0.3 is 0 Å². The number of hydrogen-bond donors (Lipinski definition) is 2. The Balaban J connectivity index is 1.96. The lowest BCUT2D eigenvalue weighted by Gasteiger charge is -2.24. The van der Waals surface area contributed by atoms with Gasteiger partial charge in [-0.05, 0) is 24.1 Å². The molecule has 0 aliphatic carbocycles. The van der Waals surface area contributed by atoms with Crippen LogP contribution in [0.2, 0.25) is 0 Å². The zero-order valence-corrected chi connectivity index (χ0v) is 9.12. The highest BCUT2D eigenvalue weighted by atomic mass is 16.5. The molecule has 2 N–H and O–H groups in total. The second-order valence-corrected chi connectivity index (χ2v) is 3.91. The molecule has 1 aromatic carbocycles. The number of rotatable bonds is 3. The summed E-state index contributed by atoms with van der Waals surface area (Å²) in [4.78, 5) is 0. The maximum atomic E-state index is 5.21. The van der Waals surface area contributed by atoms with Crippen molar-refractivity contribution in [1.82, 2.24) is 10.6 Å². The fourth-order valence-corrected chi connectivity index (χ4v) is 1.94. The Morgan fingerprint density at radius 3 is 3.07 bits per heavy atom. The largest absolute Gasteiger partial charge is 0.497 e. The van der Waals surface area contributed by atoms with Gasteiger partial charge in [0.2, 0.25) is 0 Å². The van der Waals surface area contributed by atoms with Crippen molar-refractivity contribution in [3.8, 4) is 5.75 Å². The zero-order valence-electron chi connectivity index (χ0n) is 9.12. The normalized spacial score (nSPS) is 21.3. The van der Waals surface area contributed by atoms with Gasteiger partial charge in [-0.25, -0.2) is 0 Å². The minimum atomic E-state index is 0.547. The van der Waals surface area contributed by atoms with Crippen LogP contribution in [0.4, 0.5) is 0 Å². The monoisotopic (exact) mass is 206 g/mol. The molecule has 0 radical (unpaired) electrons. The quantitative estimate of drug-likeness (QED) is 0.767. The van der Waals surface area contributed by atoms with Crippen molar-refractivity contribution < 1.29 is 4.74 Å². The van der Waals surface area contributed by atoms with Crippen LogP contribution in [0.5, 0.6) is 5.75 Å². The smallest absolute Gasteiger partial charge is 0.119 e. The van der Waals surface area contributed by atoms with Gasteiger partial charge in [-0.15, -0.1) is 0 Å². The van der Waals surface area contributed by atoms with Gasteiger partial charge in [-0.2, -0.15) is 0 Å². The molecule has 0 unspecified atom stereocenters. The fraction of sp³-hybridized carbons (Fsp3) is 0.500. The van der Waals surface area contributed by atoms with Crippen LogP contribution in [-0.4, -0.2) is 32.8 Å². The van der Waals surface area contributed by atoms with E-state index in [0.29, 0.717) is 6.04 Å². The zero-order chi connectivity index (χ0) is 10.5. The molecule has 1 fully saturated rings. The van der Waals surface area contributed by atoms with E-state index in [1.165, 1.54) is 5.56 Å². The van der Waals surface area contributed by atoms with E-state index in [-0.39, 0.29) is 0 Å². The molecule has 1 aromatic rings. The predicted octanol–water partition coefficient (Wildman–Crippen LogP) is 0.799. The van der Waals surface area contributed by atoms with Crippen LogP contribution in [0.25, 0.3) is 0 Å². The molecule has 2 rings (SSSR count). The Labute approximate surface area is 90.8 Å². The van der Waals surface area contributed by atoms with E-state index in [9.17, 15) is 0 Å². The maximum absolute atomic E-state index is 5.21. The first-order valence-electron chi connectivity index (χ1n) is 5.45. The first-order valence-corrected chi connectivity index (χ1v) is 5.45. The molecule has 1 heterocycles. The van der Waals surface area contributed by atoms with Crippen LogP contribution in [0, 0.1) is 0 Å². The molecule has 0 amide bonds. The molecule has 3 nitrogen and oxygen atoms in total. The lowest BCUT2D eigenvalue weighted by molar-refractivity contribution is 0.408. The second kappa shape index (κ2) is 5.14. The van der Waals surface area contributed by atoms with Crippen LogP contribution in [0.3, 0.4) is 0 Å². The third-order valence-corrected chi connectivity index (χ3v) is 2.74. The summed E-state index contributed by atoms with van der Waals surface area (Å²) < 4.78 is 5.21. The first-order chi connectivity index (χ1) is 7.38. The van der Waals surface area contributed by atoms with E-state index in [0.717, 1.165) is 31.8 Å². The summed E-state index contributed by atoms with van der Waals surface area (Å²) >= 11 is 0. The minimum absolute atomic E-state index is 0.547. The van der Waals surface area contributed by atoms with E-state index < -0.39 is 0 Å². The Morgan fingerprint density at radius 1 is 1.40 bits per heavy atom. The predicted molar refractivity (Wildman–Crippen MR) is 61.4 cm³/mol. The summed E-state index contributed by atoms with van der Waals surface area (Å²) in [6.07, 6.45) is 1.06. The molecule has 15 heavy (non-hydrogen) atoms. The number of nitrogens with one attached hydrogen (secondary N) is 2. The van der Waals surface area contributed by atoms with Crippen molar-refractivity contribution >= 4 is 0 Å². The number of ether oxygens (including phenoxy) is 1. The van der Waals surface area contributed by atoms with E-state index in [4.69, 9.17) is 4.74 Å². The van der Waals surface area contributed by atoms with Crippen molar-refractivity contribution in [2.75, 3.05) is 26.7 Å². The fourth-order valence-electron chi connectivity index (χ4n) is 1.94. The number of piperazine rings is 1. The van der Waals surface area contributed by atoms with Gasteiger partial charge < -0.3 is 15.4 Å². The van der Waals surface area contributed by atoms with Gasteiger partial charge in [0.15, 0.2) is 0 Å². The maximum Gasteiger partial charge on any atom is 0.119 e. The van der Waals surface area contributed by atoms with Crippen LogP contribution >= 0.6 is 0 Å². The average Bonchev–Trinajstić information content (AvgIpc) is 2.31. The molecule has 0 bridgehead atoms. The van der Waals surface area contributed by atoms with Gasteiger partial charge in [0.05, 0.1) is 7.11 Å². The minimum Gasteiger partial charge on any atom is -0.497 e. The van der Waals surface area contributed by atoms with Crippen LogP contribution in [0.15, 0.2) is 24.3 Å². The summed E-state index contributed by atoms with van der Waals surface area (Å²) in [6.45, 7) is 3.19. The topological polar surface area (TPSA) is 33.3 Å². The molecule has 0 aromatic heterocycles. The van der Waals surface area contributed by atoms with E-state index >= 15 is 0 Å². The van der Waals surface area contributed by atoms with Crippen molar-refractivity contribution in [3.63, 3.8) is 0 Å². The van der Waals surface area contributed by atoms with Gasteiger partial charge in [-0.3, -0.25) is 0 Å². The summed E-state index contributed by atoms with van der Waals surface area (Å²) in [5.41, 5.74) is 1.33. The van der Waals surface area contributed by atoms with Gasteiger partial charge in [0.1, 0.15) is 5.75 Å². The lowest BCUT2D eigenvalue weighted by atomic mass is 10.0. The number of benzene rings is 1. The first kappa shape index (κ1) is 10.5. The third-order valence-electron chi connectivity index (χ3n) is 2.74. The highest BCUT2D eigenvalue weighted by Crippen LogP contribution is 2.14. The van der Waals surface area contributed by atoms with E-state index in [1.807, 2.05) is 12.1 Å². The standard InChI is InChI=1S/C12H18N2O/c1-15-12-4-2-3-10(8-12)7-11-9-13-5-6-14-11/h2-4,8,11,13-14H,5-7,9H2,1H3/t11-/m1/s1. The molecule has 3 heteroatoms. The summed E-state index contributed by atoms with van der Waals surface area (Å²) in [6, 6.07) is 8.83. The summed E-state index contributed by atoms with van der Waals surface area (Å²) in [5.74, 6) is 0.941. The van der Waals surface area contributed by atoms with Gasteiger partial charge in [0, 0.05) is 25.7 Å². The van der Waals surface area contributed by atoms with Crippen molar-refractivity contribution in [2.24, 2.45) is 0 Å². The SMILES string of the molecule is COc1cccc(C[C@@H]2CNCCN2)c1. The van der Waals surface area contributed by atoms with E-state index in [1.54, 1.807) is 7.11 Å². The van der Waals surface area contributed by atoms with Crippen molar-refractivity contribution in [2.45, 2.75) is 12.5 Å². The highest BCUT2D eigenvalue weighted by Gasteiger charge is 2.12. The Morgan fingerprint density at radius 2 is 2.33 bits per heavy atom. The Bertz CT molecular complexity index is 308. The van der Waals surface area contributed by atoms with Crippen molar-refractivity contribution in [3.05, 3.63) is 29.8 Å². The molecular formula is C12H18N2O. The Kier molecular flexibility index (Phi) is 3.59. The Hall–Kier alpha value is -1.06. The second-order valence-electron chi connectivity index (χ2n) is 3.91. The summed E-state index contributed by atoms with van der Waals surface area (Å²) in [5, 5.41) is 6.89. The molecule has 0 spiro atoms.